The number of phenols is 1. The van der Waals surface area contributed by atoms with Crippen LogP contribution in [0.2, 0.25) is 0 Å². The van der Waals surface area contributed by atoms with Gasteiger partial charge in [0.2, 0.25) is 0 Å². The molecule has 0 aliphatic heterocycles. The summed E-state index contributed by atoms with van der Waals surface area (Å²) in [6.07, 6.45) is 1.57. The fourth-order valence-corrected chi connectivity index (χ4v) is 2.08. The Kier molecular flexibility index (Phi) is 3.13. The minimum atomic E-state index is 0.177. The van der Waals surface area contributed by atoms with Gasteiger partial charge in [-0.25, -0.2) is 0 Å². The molecule has 1 N–H and O–H groups in total. The number of aromatic hydroxyl groups is 1. The summed E-state index contributed by atoms with van der Waals surface area (Å²) in [5.74, 6) is 0.963. The van der Waals surface area contributed by atoms with Crippen molar-refractivity contribution in [1.82, 2.24) is 5.16 Å². The van der Waals surface area contributed by atoms with E-state index < -0.39 is 0 Å². The lowest BCUT2D eigenvalue weighted by atomic mass is 10.0. The first-order valence-corrected chi connectivity index (χ1v) is 6.17. The number of rotatable bonds is 3. The summed E-state index contributed by atoms with van der Waals surface area (Å²) in [4.78, 5) is 0. The van der Waals surface area contributed by atoms with Gasteiger partial charge < -0.3 is 14.4 Å². The van der Waals surface area contributed by atoms with Crippen molar-refractivity contribution in [3.05, 3.63) is 54.8 Å². The average molecular weight is 267 g/mol. The highest BCUT2D eigenvalue weighted by Gasteiger charge is 2.15. The van der Waals surface area contributed by atoms with Crippen molar-refractivity contribution in [3.8, 4) is 33.9 Å². The second kappa shape index (κ2) is 5.09. The van der Waals surface area contributed by atoms with Crippen LogP contribution in [-0.4, -0.2) is 17.4 Å². The van der Waals surface area contributed by atoms with Crippen LogP contribution in [0, 0.1) is 0 Å². The van der Waals surface area contributed by atoms with E-state index in [-0.39, 0.29) is 5.75 Å². The van der Waals surface area contributed by atoms with Crippen LogP contribution in [0.1, 0.15) is 0 Å². The Balaban J connectivity index is 2.08. The lowest BCUT2D eigenvalue weighted by Gasteiger charge is -2.05. The van der Waals surface area contributed by atoms with E-state index in [0.717, 1.165) is 16.9 Å². The topological polar surface area (TPSA) is 55.5 Å². The maximum absolute atomic E-state index is 9.93. The molecule has 0 fully saturated rings. The zero-order valence-corrected chi connectivity index (χ0v) is 10.9. The van der Waals surface area contributed by atoms with E-state index in [1.807, 2.05) is 30.3 Å². The number of nitrogens with zero attached hydrogens (tertiary/aromatic N) is 1. The van der Waals surface area contributed by atoms with Crippen LogP contribution in [0.5, 0.6) is 11.5 Å². The molecule has 0 saturated carbocycles. The standard InChI is InChI=1S/C16H13NO3/c1-19-12-8-6-11(7-9-12)14-10-20-17-16(14)13-4-2-3-5-15(13)18/h2-10,18H,1H3. The van der Waals surface area contributed by atoms with Crippen molar-refractivity contribution >= 4 is 0 Å². The summed E-state index contributed by atoms with van der Waals surface area (Å²) in [6.45, 7) is 0. The molecule has 0 amide bonds. The van der Waals surface area contributed by atoms with Crippen molar-refractivity contribution in [3.63, 3.8) is 0 Å². The Bertz CT molecular complexity index is 717. The molecule has 0 atom stereocenters. The molecule has 0 bridgehead atoms. The second-order valence-electron chi connectivity index (χ2n) is 4.32. The van der Waals surface area contributed by atoms with Crippen LogP contribution >= 0.6 is 0 Å². The normalized spacial score (nSPS) is 10.4. The molecule has 0 unspecified atom stereocenters. The van der Waals surface area contributed by atoms with Gasteiger partial charge in [0.25, 0.3) is 0 Å². The molecule has 1 heterocycles. The molecule has 0 aliphatic carbocycles. The molecule has 4 heteroatoms. The molecule has 0 aliphatic rings. The van der Waals surface area contributed by atoms with E-state index in [2.05, 4.69) is 5.16 Å². The molecular formula is C16H13NO3. The lowest BCUT2D eigenvalue weighted by molar-refractivity contribution is 0.415. The highest BCUT2D eigenvalue weighted by molar-refractivity contribution is 5.82. The maximum atomic E-state index is 9.93. The second-order valence-corrected chi connectivity index (χ2v) is 4.32. The zero-order valence-electron chi connectivity index (χ0n) is 10.9. The number of para-hydroxylation sites is 1. The van der Waals surface area contributed by atoms with Crippen LogP contribution in [0.4, 0.5) is 0 Å². The minimum Gasteiger partial charge on any atom is -0.507 e. The third-order valence-corrected chi connectivity index (χ3v) is 3.13. The highest BCUT2D eigenvalue weighted by Crippen LogP contribution is 2.35. The van der Waals surface area contributed by atoms with Gasteiger partial charge >= 0.3 is 0 Å². The zero-order chi connectivity index (χ0) is 13.9. The predicted octanol–water partition coefficient (Wildman–Crippen LogP) is 3.72. The average Bonchev–Trinajstić information content (AvgIpc) is 2.97. The van der Waals surface area contributed by atoms with Crippen LogP contribution < -0.4 is 4.74 Å². The first-order valence-electron chi connectivity index (χ1n) is 6.17. The third-order valence-electron chi connectivity index (χ3n) is 3.13. The van der Waals surface area contributed by atoms with Gasteiger partial charge in [-0.05, 0) is 29.8 Å². The molecule has 4 nitrogen and oxygen atoms in total. The van der Waals surface area contributed by atoms with Gasteiger partial charge in [0, 0.05) is 11.1 Å². The fraction of sp³-hybridized carbons (Fsp3) is 0.0625. The van der Waals surface area contributed by atoms with Crippen molar-refractivity contribution < 1.29 is 14.4 Å². The Morgan fingerprint density at radius 1 is 1.00 bits per heavy atom. The molecule has 20 heavy (non-hydrogen) atoms. The van der Waals surface area contributed by atoms with Gasteiger partial charge in [0.15, 0.2) is 0 Å². The van der Waals surface area contributed by atoms with Crippen LogP contribution in [0.15, 0.2) is 59.3 Å². The van der Waals surface area contributed by atoms with Crippen molar-refractivity contribution in [2.75, 3.05) is 7.11 Å². The SMILES string of the molecule is COc1ccc(-c2conc2-c2ccccc2O)cc1. The molecular weight excluding hydrogens is 254 g/mol. The van der Waals surface area contributed by atoms with Crippen LogP contribution in [0.3, 0.4) is 0 Å². The van der Waals surface area contributed by atoms with Crippen LogP contribution in [0.25, 0.3) is 22.4 Å². The van der Waals surface area contributed by atoms with E-state index in [9.17, 15) is 5.11 Å². The Morgan fingerprint density at radius 2 is 1.75 bits per heavy atom. The molecule has 0 radical (unpaired) electrons. The number of phenolic OH excluding ortho intramolecular Hbond substituents is 1. The third kappa shape index (κ3) is 2.12. The maximum Gasteiger partial charge on any atom is 0.132 e. The molecule has 0 saturated heterocycles. The highest BCUT2D eigenvalue weighted by atomic mass is 16.5. The summed E-state index contributed by atoms with van der Waals surface area (Å²) < 4.78 is 10.2. The summed E-state index contributed by atoms with van der Waals surface area (Å²) in [5.41, 5.74) is 3.04. The van der Waals surface area contributed by atoms with Gasteiger partial charge in [0.05, 0.1) is 7.11 Å². The van der Waals surface area contributed by atoms with E-state index in [1.165, 1.54) is 0 Å². The fourth-order valence-electron chi connectivity index (χ4n) is 2.08. The van der Waals surface area contributed by atoms with Crippen molar-refractivity contribution in [2.24, 2.45) is 0 Å². The van der Waals surface area contributed by atoms with E-state index in [4.69, 9.17) is 9.26 Å². The van der Waals surface area contributed by atoms with Gasteiger partial charge in [0.1, 0.15) is 23.5 Å². The number of hydrogen-bond donors (Lipinski definition) is 1. The van der Waals surface area contributed by atoms with Gasteiger partial charge in [-0.2, -0.15) is 0 Å². The number of hydrogen-bond acceptors (Lipinski definition) is 4. The summed E-state index contributed by atoms with van der Waals surface area (Å²) >= 11 is 0. The minimum absolute atomic E-state index is 0.177. The number of ether oxygens (including phenoxy) is 1. The Morgan fingerprint density at radius 3 is 2.45 bits per heavy atom. The monoisotopic (exact) mass is 267 g/mol. The number of benzene rings is 2. The predicted molar refractivity (Wildman–Crippen MR) is 75.6 cm³/mol. The summed E-state index contributed by atoms with van der Waals surface area (Å²) in [5, 5.41) is 13.9. The lowest BCUT2D eigenvalue weighted by Crippen LogP contribution is -1.85. The molecule has 3 aromatic rings. The van der Waals surface area contributed by atoms with Crippen LogP contribution in [-0.2, 0) is 0 Å². The first-order chi connectivity index (χ1) is 9.79. The molecule has 2 aromatic carbocycles. The molecule has 1 aromatic heterocycles. The largest absolute Gasteiger partial charge is 0.507 e. The molecule has 3 rings (SSSR count). The first kappa shape index (κ1) is 12.3. The molecule has 0 spiro atoms. The van der Waals surface area contributed by atoms with E-state index in [1.54, 1.807) is 31.6 Å². The van der Waals surface area contributed by atoms with E-state index >= 15 is 0 Å². The quantitative estimate of drug-likeness (QED) is 0.785. The Labute approximate surface area is 116 Å². The molecule has 100 valence electrons. The number of aromatic nitrogens is 1. The van der Waals surface area contributed by atoms with Gasteiger partial charge in [-0.15, -0.1) is 0 Å². The van der Waals surface area contributed by atoms with Crippen molar-refractivity contribution in [2.45, 2.75) is 0 Å². The van der Waals surface area contributed by atoms with Gasteiger partial charge in [-0.3, -0.25) is 0 Å². The summed E-state index contributed by atoms with van der Waals surface area (Å²) in [7, 11) is 1.63. The van der Waals surface area contributed by atoms with Crippen molar-refractivity contribution in [1.29, 1.82) is 0 Å². The summed E-state index contributed by atoms with van der Waals surface area (Å²) in [6, 6.07) is 14.6. The van der Waals surface area contributed by atoms with E-state index in [0.29, 0.717) is 11.3 Å². The van der Waals surface area contributed by atoms with Gasteiger partial charge in [-0.1, -0.05) is 29.4 Å². The Hall–Kier alpha value is -2.75. The number of methoxy groups -OCH3 is 1. The smallest absolute Gasteiger partial charge is 0.132 e.